The van der Waals surface area contributed by atoms with Gasteiger partial charge in [0.1, 0.15) is 0 Å². The van der Waals surface area contributed by atoms with Gasteiger partial charge in [0.15, 0.2) is 5.75 Å². The first-order valence-corrected chi connectivity index (χ1v) is 11.9. The Kier molecular flexibility index (Phi) is 7.81. The number of hydrogen-bond acceptors (Lipinski definition) is 7. The molecule has 10 heteroatoms. The molecule has 4 rings (SSSR count). The van der Waals surface area contributed by atoms with Gasteiger partial charge in [-0.05, 0) is 48.7 Å². The highest BCUT2D eigenvalue weighted by Crippen LogP contribution is 2.38. The largest absolute Gasteiger partial charge is 0.352 e. The molecule has 2 amide bonds. The van der Waals surface area contributed by atoms with Crippen molar-refractivity contribution in [3.05, 3.63) is 63.7 Å². The van der Waals surface area contributed by atoms with Gasteiger partial charge in [-0.25, -0.2) is 0 Å². The van der Waals surface area contributed by atoms with E-state index >= 15 is 0 Å². The van der Waals surface area contributed by atoms with Crippen LogP contribution in [0.1, 0.15) is 30.4 Å². The fraction of sp³-hybridized carbons (Fsp3) is 0.333. The number of nitrogens with zero attached hydrogens (tertiary/aromatic N) is 2. The minimum atomic E-state index is -0.422. The number of nitro groups is 1. The summed E-state index contributed by atoms with van der Waals surface area (Å²) in [4.78, 5) is 48.2. The molecule has 2 aliphatic rings. The van der Waals surface area contributed by atoms with Crippen LogP contribution < -0.4 is 10.2 Å². The maximum Gasteiger partial charge on any atom is 0.283 e. The Morgan fingerprint density at radius 1 is 1.24 bits per heavy atom. The molecule has 0 atom stereocenters. The Hall–Kier alpha value is -3.37. The molecular weight excluding hydrogens is 458 g/mol. The van der Waals surface area contributed by atoms with E-state index in [9.17, 15) is 19.7 Å². The number of benzene rings is 2. The zero-order chi connectivity index (χ0) is 23.9. The highest BCUT2D eigenvalue weighted by molar-refractivity contribution is 7.99. The van der Waals surface area contributed by atoms with Crippen molar-refractivity contribution < 1.29 is 24.3 Å². The molecule has 0 spiro atoms. The van der Waals surface area contributed by atoms with E-state index in [-0.39, 0.29) is 17.5 Å². The molecule has 0 aromatic heterocycles. The standard InChI is InChI=1S/C24H25N3O6S/c28-23(25-11-2-13-26-12-1-3-24(26)29)9-5-17-4-8-22(20(15-17)27(30)31)34-19-6-7-21-18(16-19)10-14-32-33-21/h4-9,15-16H,1-3,10-14H2,(H,25,28). The molecular formula is C24H25N3O6S. The Bertz CT molecular complexity index is 1120. The molecule has 1 fully saturated rings. The Balaban J connectivity index is 1.34. The average molecular weight is 484 g/mol. The van der Waals surface area contributed by atoms with Crippen molar-refractivity contribution in [3.8, 4) is 5.75 Å². The van der Waals surface area contributed by atoms with Gasteiger partial charge in [0.05, 0.1) is 16.4 Å². The lowest BCUT2D eigenvalue weighted by molar-refractivity contribution is -0.387. The summed E-state index contributed by atoms with van der Waals surface area (Å²) in [5, 5.41) is 14.4. The number of likely N-dealkylation sites (tertiary alicyclic amines) is 1. The quantitative estimate of drug-likeness (QED) is 0.190. The number of carbonyl (C=O) groups is 2. The van der Waals surface area contributed by atoms with E-state index in [0.717, 1.165) is 23.4 Å². The van der Waals surface area contributed by atoms with E-state index in [0.29, 0.717) is 55.2 Å². The molecule has 0 unspecified atom stereocenters. The van der Waals surface area contributed by atoms with Crippen molar-refractivity contribution >= 4 is 35.3 Å². The zero-order valence-electron chi connectivity index (χ0n) is 18.5. The van der Waals surface area contributed by atoms with Crippen LogP contribution in [0.25, 0.3) is 6.08 Å². The molecule has 0 aliphatic carbocycles. The van der Waals surface area contributed by atoms with Crippen molar-refractivity contribution in [3.63, 3.8) is 0 Å². The van der Waals surface area contributed by atoms with Crippen LogP contribution in [0.3, 0.4) is 0 Å². The van der Waals surface area contributed by atoms with Crippen molar-refractivity contribution in [2.45, 2.75) is 35.5 Å². The zero-order valence-corrected chi connectivity index (χ0v) is 19.3. The fourth-order valence-corrected chi connectivity index (χ4v) is 4.76. The summed E-state index contributed by atoms with van der Waals surface area (Å²) in [5.41, 5.74) is 1.53. The summed E-state index contributed by atoms with van der Waals surface area (Å²) in [6.45, 7) is 2.35. The average Bonchev–Trinajstić information content (AvgIpc) is 3.25. The van der Waals surface area contributed by atoms with Gasteiger partial charge in [-0.15, -0.1) is 0 Å². The first-order valence-electron chi connectivity index (χ1n) is 11.1. The Morgan fingerprint density at radius 2 is 2.12 bits per heavy atom. The minimum absolute atomic E-state index is 0.0276. The number of nitrogens with one attached hydrogen (secondary N) is 1. The summed E-state index contributed by atoms with van der Waals surface area (Å²) in [7, 11) is 0. The molecule has 2 heterocycles. The third-order valence-corrected chi connectivity index (χ3v) is 6.60. The van der Waals surface area contributed by atoms with Crippen LogP contribution in [0, 0.1) is 10.1 Å². The number of hydrogen-bond donors (Lipinski definition) is 1. The molecule has 0 bridgehead atoms. The number of rotatable bonds is 9. The van der Waals surface area contributed by atoms with Gasteiger partial charge in [0, 0.05) is 55.1 Å². The summed E-state index contributed by atoms with van der Waals surface area (Å²) < 4.78 is 0. The second kappa shape index (κ2) is 11.2. The van der Waals surface area contributed by atoms with E-state index in [1.165, 1.54) is 23.9 Å². The van der Waals surface area contributed by atoms with Crippen LogP contribution in [-0.2, 0) is 20.9 Å². The van der Waals surface area contributed by atoms with Gasteiger partial charge in [-0.1, -0.05) is 17.8 Å². The number of fused-ring (bicyclic) bond motifs is 1. The van der Waals surface area contributed by atoms with E-state index < -0.39 is 4.92 Å². The molecule has 0 saturated carbocycles. The molecule has 34 heavy (non-hydrogen) atoms. The van der Waals surface area contributed by atoms with Crippen molar-refractivity contribution in [1.29, 1.82) is 0 Å². The smallest absolute Gasteiger partial charge is 0.283 e. The molecule has 1 saturated heterocycles. The third-order valence-electron chi connectivity index (χ3n) is 5.55. The van der Waals surface area contributed by atoms with Crippen LogP contribution in [0.2, 0.25) is 0 Å². The van der Waals surface area contributed by atoms with E-state index in [4.69, 9.17) is 9.78 Å². The lowest BCUT2D eigenvalue weighted by Gasteiger charge is -2.16. The lowest BCUT2D eigenvalue weighted by atomic mass is 10.1. The van der Waals surface area contributed by atoms with Crippen LogP contribution in [0.15, 0.2) is 52.3 Å². The molecule has 0 radical (unpaired) electrons. The van der Waals surface area contributed by atoms with Gasteiger partial charge in [-0.3, -0.25) is 19.7 Å². The van der Waals surface area contributed by atoms with Crippen LogP contribution >= 0.6 is 11.8 Å². The Labute approximate surface area is 201 Å². The van der Waals surface area contributed by atoms with Crippen molar-refractivity contribution in [1.82, 2.24) is 10.2 Å². The molecule has 1 N–H and O–H groups in total. The van der Waals surface area contributed by atoms with Crippen LogP contribution in [0.4, 0.5) is 5.69 Å². The predicted octanol–water partition coefficient (Wildman–Crippen LogP) is 3.75. The third kappa shape index (κ3) is 6.15. The Morgan fingerprint density at radius 3 is 2.91 bits per heavy atom. The number of amides is 2. The summed E-state index contributed by atoms with van der Waals surface area (Å²) in [5.74, 6) is 0.548. The van der Waals surface area contributed by atoms with Crippen molar-refractivity contribution in [2.24, 2.45) is 0 Å². The van der Waals surface area contributed by atoms with Gasteiger partial charge in [0.2, 0.25) is 11.8 Å². The highest BCUT2D eigenvalue weighted by Gasteiger charge is 2.19. The first kappa shape index (κ1) is 23.8. The first-order chi connectivity index (χ1) is 16.5. The van der Waals surface area contributed by atoms with Gasteiger partial charge in [-0.2, -0.15) is 4.89 Å². The molecule has 2 aliphatic heterocycles. The normalized spacial score (nSPS) is 15.3. The molecule has 2 aromatic carbocycles. The predicted molar refractivity (Wildman–Crippen MR) is 126 cm³/mol. The van der Waals surface area contributed by atoms with Crippen molar-refractivity contribution in [2.75, 3.05) is 26.2 Å². The SMILES string of the molecule is O=C(C=Cc1ccc(Sc2ccc3c(c2)CCOO3)c([N+](=O)[O-])c1)NCCCN1CCCC1=O. The highest BCUT2D eigenvalue weighted by atomic mass is 32.2. The second-order valence-electron chi connectivity index (χ2n) is 7.97. The maximum absolute atomic E-state index is 12.1. The maximum atomic E-state index is 12.1. The summed E-state index contributed by atoms with van der Waals surface area (Å²) >= 11 is 1.30. The van der Waals surface area contributed by atoms with E-state index in [1.807, 2.05) is 17.0 Å². The van der Waals surface area contributed by atoms with Gasteiger partial charge in [0.25, 0.3) is 5.69 Å². The van der Waals surface area contributed by atoms with Crippen LogP contribution in [-0.4, -0.2) is 47.9 Å². The van der Waals surface area contributed by atoms with Crippen LogP contribution in [0.5, 0.6) is 5.75 Å². The number of nitro benzene ring substituents is 1. The van der Waals surface area contributed by atoms with Gasteiger partial charge < -0.3 is 15.1 Å². The van der Waals surface area contributed by atoms with E-state index in [1.54, 1.807) is 24.3 Å². The fourth-order valence-electron chi connectivity index (χ4n) is 3.80. The van der Waals surface area contributed by atoms with E-state index in [2.05, 4.69) is 5.32 Å². The summed E-state index contributed by atoms with van der Waals surface area (Å²) in [6, 6.07) is 10.5. The molecule has 178 valence electrons. The molecule has 9 nitrogen and oxygen atoms in total. The number of carbonyl (C=O) groups excluding carboxylic acids is 2. The monoisotopic (exact) mass is 483 g/mol. The van der Waals surface area contributed by atoms with Gasteiger partial charge >= 0.3 is 0 Å². The lowest BCUT2D eigenvalue weighted by Crippen LogP contribution is -2.29. The summed E-state index contributed by atoms with van der Waals surface area (Å²) in [6.07, 6.45) is 5.82. The molecule has 2 aromatic rings. The topological polar surface area (TPSA) is 111 Å². The minimum Gasteiger partial charge on any atom is -0.352 e. The second-order valence-corrected chi connectivity index (χ2v) is 9.09.